The Labute approximate surface area is 153 Å². The molecule has 4 nitrogen and oxygen atoms in total. The molecule has 25 heavy (non-hydrogen) atoms. The molecule has 144 valence electrons. The van der Waals surface area contributed by atoms with Crippen LogP contribution in [-0.4, -0.2) is 35.6 Å². The van der Waals surface area contributed by atoms with Gasteiger partial charge in [0.25, 0.3) is 0 Å². The van der Waals surface area contributed by atoms with Crippen molar-refractivity contribution in [1.82, 2.24) is 0 Å². The quantitative estimate of drug-likeness (QED) is 0.594. The molecule has 0 fully saturated rings. The number of hydrogen-bond acceptors (Lipinski definition) is 4. The molecule has 0 aromatic heterocycles. The summed E-state index contributed by atoms with van der Waals surface area (Å²) in [7, 11) is 0. The van der Waals surface area contributed by atoms with Crippen molar-refractivity contribution in [1.29, 1.82) is 0 Å². The molecule has 0 amide bonds. The van der Waals surface area contributed by atoms with E-state index < -0.39 is 5.54 Å². The van der Waals surface area contributed by atoms with Gasteiger partial charge < -0.3 is 20.7 Å². The Morgan fingerprint density at radius 1 is 1.00 bits per heavy atom. The summed E-state index contributed by atoms with van der Waals surface area (Å²) in [6.07, 6.45) is 11.7. The van der Waals surface area contributed by atoms with Crippen LogP contribution in [0.1, 0.15) is 69.9 Å². The van der Waals surface area contributed by atoms with Gasteiger partial charge >= 0.3 is 0 Å². The van der Waals surface area contributed by atoms with Crippen molar-refractivity contribution in [2.45, 2.75) is 77.2 Å². The number of nitrogens with two attached hydrogens (primary N) is 1. The maximum Gasteiger partial charge on any atom is 0.119 e. The van der Waals surface area contributed by atoms with Gasteiger partial charge in [0.15, 0.2) is 0 Å². The van der Waals surface area contributed by atoms with Gasteiger partial charge in [-0.25, -0.2) is 0 Å². The van der Waals surface area contributed by atoms with Crippen LogP contribution < -0.4 is 10.5 Å². The van der Waals surface area contributed by atoms with Crippen LogP contribution in [0, 0.1) is 0 Å². The van der Waals surface area contributed by atoms with Crippen LogP contribution in [0.4, 0.5) is 0 Å². The van der Waals surface area contributed by atoms with Crippen LogP contribution in [0.25, 0.3) is 0 Å². The lowest BCUT2D eigenvalue weighted by atomic mass is 9.92. The van der Waals surface area contributed by atoms with E-state index in [1.165, 1.54) is 68.9 Å². The summed E-state index contributed by atoms with van der Waals surface area (Å²) < 4.78 is 5.85. The number of aryl methyl sites for hydroxylation is 2. The third-order valence-corrected chi connectivity index (χ3v) is 4.56. The highest BCUT2D eigenvalue weighted by Gasteiger charge is 2.13. The second-order valence-electron chi connectivity index (χ2n) is 7.37. The number of ether oxygens (including phenoxy) is 1. The zero-order valence-electron chi connectivity index (χ0n) is 16.1. The van der Waals surface area contributed by atoms with E-state index in [4.69, 9.17) is 20.7 Å². The van der Waals surface area contributed by atoms with Gasteiger partial charge in [-0.1, -0.05) is 38.7 Å². The number of benzene rings is 1. The van der Waals surface area contributed by atoms with Crippen LogP contribution >= 0.6 is 0 Å². The largest absolute Gasteiger partial charge is 0.494 e. The smallest absolute Gasteiger partial charge is 0.119 e. The molecule has 1 aromatic carbocycles. The molecule has 0 radical (unpaired) electrons. The molecule has 0 atom stereocenters. The predicted octanol–water partition coefficient (Wildman–Crippen LogP) is 3.60. The Morgan fingerprint density at radius 3 is 2.24 bits per heavy atom. The van der Waals surface area contributed by atoms with E-state index in [1.54, 1.807) is 6.92 Å². The van der Waals surface area contributed by atoms with Gasteiger partial charge in [0.05, 0.1) is 25.4 Å². The first kappa shape index (κ1) is 21.9. The Balaban J connectivity index is 0.000000381. The molecule has 0 spiro atoms. The van der Waals surface area contributed by atoms with E-state index in [1.807, 2.05) is 0 Å². The lowest BCUT2D eigenvalue weighted by molar-refractivity contribution is 0.134. The second kappa shape index (κ2) is 12.3. The van der Waals surface area contributed by atoms with Crippen molar-refractivity contribution in [3.8, 4) is 5.75 Å². The Morgan fingerprint density at radius 2 is 1.64 bits per heavy atom. The lowest BCUT2D eigenvalue weighted by Crippen LogP contribution is -2.43. The normalized spacial score (nSPS) is 13.6. The van der Waals surface area contributed by atoms with Crippen LogP contribution in [0.3, 0.4) is 0 Å². The van der Waals surface area contributed by atoms with E-state index in [-0.39, 0.29) is 13.2 Å². The fourth-order valence-corrected chi connectivity index (χ4v) is 2.75. The molecule has 2 rings (SSSR count). The molecule has 0 aliphatic heterocycles. The highest BCUT2D eigenvalue weighted by molar-refractivity contribution is 5.37. The summed E-state index contributed by atoms with van der Waals surface area (Å²) in [5.41, 5.74) is 7.47. The molecule has 0 heterocycles. The number of hydrogen-bond donors (Lipinski definition) is 3. The lowest BCUT2D eigenvalue weighted by Gasteiger charge is -2.16. The van der Waals surface area contributed by atoms with Gasteiger partial charge in [0.2, 0.25) is 0 Å². The van der Waals surface area contributed by atoms with Crippen LogP contribution in [0.5, 0.6) is 5.75 Å². The van der Waals surface area contributed by atoms with Crippen molar-refractivity contribution < 1.29 is 14.9 Å². The molecule has 4 heteroatoms. The third-order valence-electron chi connectivity index (χ3n) is 4.56. The molecule has 1 aromatic rings. The zero-order valence-corrected chi connectivity index (χ0v) is 16.1. The summed E-state index contributed by atoms with van der Waals surface area (Å²) in [5, 5.41) is 16.6. The standard InChI is InChI=1S/C17H26O.C4H11NO2/c1-2-3-4-5-8-13-18-17-12-11-15-9-6-7-10-16(15)14-17;1-4(5,2-6)3-7/h11-12,14H,2-10,13H2,1H3;6-7H,2-3,5H2,1H3. The molecule has 0 bridgehead atoms. The summed E-state index contributed by atoms with van der Waals surface area (Å²) in [4.78, 5) is 0. The molecule has 0 saturated heterocycles. The molecule has 4 N–H and O–H groups in total. The predicted molar refractivity (Wildman–Crippen MR) is 104 cm³/mol. The van der Waals surface area contributed by atoms with Crippen molar-refractivity contribution in [2.24, 2.45) is 5.73 Å². The average Bonchev–Trinajstić information content (AvgIpc) is 2.65. The minimum atomic E-state index is -0.806. The molecule has 0 unspecified atom stereocenters. The molecular formula is C21H37NO3. The fourth-order valence-electron chi connectivity index (χ4n) is 2.75. The average molecular weight is 352 g/mol. The van der Waals surface area contributed by atoms with Crippen LogP contribution in [-0.2, 0) is 12.8 Å². The van der Waals surface area contributed by atoms with Crippen LogP contribution in [0.2, 0.25) is 0 Å². The van der Waals surface area contributed by atoms with Gasteiger partial charge in [-0.15, -0.1) is 0 Å². The van der Waals surface area contributed by atoms with E-state index in [9.17, 15) is 0 Å². The number of aliphatic hydroxyl groups is 2. The Kier molecular flexibility index (Phi) is 10.8. The van der Waals surface area contributed by atoms with Gasteiger partial charge in [-0.05, 0) is 62.3 Å². The first-order valence-electron chi connectivity index (χ1n) is 9.77. The molecular weight excluding hydrogens is 314 g/mol. The Bertz CT molecular complexity index is 468. The minimum absolute atomic E-state index is 0.177. The molecule has 1 aliphatic carbocycles. The van der Waals surface area contributed by atoms with Crippen molar-refractivity contribution in [2.75, 3.05) is 19.8 Å². The zero-order chi connectivity index (χ0) is 18.5. The summed E-state index contributed by atoms with van der Waals surface area (Å²) in [6, 6.07) is 6.68. The maximum absolute atomic E-state index is 8.31. The van der Waals surface area contributed by atoms with Gasteiger partial charge in [-0.2, -0.15) is 0 Å². The van der Waals surface area contributed by atoms with Crippen molar-refractivity contribution in [3.63, 3.8) is 0 Å². The maximum atomic E-state index is 8.31. The minimum Gasteiger partial charge on any atom is -0.494 e. The van der Waals surface area contributed by atoms with Gasteiger partial charge in [0.1, 0.15) is 5.75 Å². The monoisotopic (exact) mass is 351 g/mol. The van der Waals surface area contributed by atoms with Crippen LogP contribution in [0.15, 0.2) is 18.2 Å². The number of aliphatic hydroxyl groups excluding tert-OH is 2. The third kappa shape index (κ3) is 9.24. The highest BCUT2D eigenvalue weighted by atomic mass is 16.5. The molecule has 0 saturated carbocycles. The van der Waals surface area contributed by atoms with E-state index >= 15 is 0 Å². The number of rotatable bonds is 9. The van der Waals surface area contributed by atoms with E-state index in [2.05, 4.69) is 25.1 Å². The van der Waals surface area contributed by atoms with Gasteiger partial charge in [-0.3, -0.25) is 0 Å². The first-order valence-corrected chi connectivity index (χ1v) is 9.77. The van der Waals surface area contributed by atoms with Crippen molar-refractivity contribution >= 4 is 0 Å². The van der Waals surface area contributed by atoms with E-state index in [0.29, 0.717) is 0 Å². The second-order valence-corrected chi connectivity index (χ2v) is 7.37. The molecule has 1 aliphatic rings. The first-order chi connectivity index (χ1) is 12.0. The van der Waals surface area contributed by atoms with Crippen molar-refractivity contribution in [3.05, 3.63) is 29.3 Å². The van der Waals surface area contributed by atoms with E-state index in [0.717, 1.165) is 12.4 Å². The van der Waals surface area contributed by atoms with Gasteiger partial charge in [0, 0.05) is 0 Å². The topological polar surface area (TPSA) is 75.7 Å². The summed E-state index contributed by atoms with van der Waals surface area (Å²) in [6.45, 7) is 4.35. The fraction of sp³-hybridized carbons (Fsp3) is 0.714. The SMILES string of the molecule is CC(N)(CO)CO.CCCCCCCOc1ccc2c(c1)CCCC2. The summed E-state index contributed by atoms with van der Waals surface area (Å²) in [5.74, 6) is 1.08. The number of unbranched alkanes of at least 4 members (excludes halogenated alkanes) is 4. The highest BCUT2D eigenvalue weighted by Crippen LogP contribution is 2.25. The number of fused-ring (bicyclic) bond motifs is 1. The Hall–Kier alpha value is -1.10. The summed E-state index contributed by atoms with van der Waals surface area (Å²) >= 11 is 0.